The Balaban J connectivity index is 1.57. The molecule has 1 atom stereocenters. The van der Waals surface area contributed by atoms with Gasteiger partial charge < -0.3 is 9.80 Å². The smallest absolute Gasteiger partial charge is 0.270 e. The van der Waals surface area contributed by atoms with Crippen LogP contribution < -0.4 is 4.90 Å². The summed E-state index contributed by atoms with van der Waals surface area (Å²) in [7, 11) is -3.75. The number of rotatable bonds is 6. The van der Waals surface area contributed by atoms with Crippen LogP contribution in [0.15, 0.2) is 23.1 Å². The van der Waals surface area contributed by atoms with Gasteiger partial charge >= 0.3 is 0 Å². The standard InChI is InChI=1S/C20H31N5O4S/c1-2-21-11-13-22(14-12-21)18-7-10-23(16-18)19-6-5-17(25(26)27)15-20(19)30(28,29)24-8-3-4-9-24/h5-6,15,18H,2-4,7-14,16H2,1H3. The Morgan fingerprint density at radius 3 is 2.40 bits per heavy atom. The van der Waals surface area contributed by atoms with E-state index < -0.39 is 14.9 Å². The monoisotopic (exact) mass is 437 g/mol. The Bertz CT molecular complexity index is 879. The molecule has 0 amide bonds. The first-order valence-corrected chi connectivity index (χ1v) is 12.3. The van der Waals surface area contributed by atoms with E-state index >= 15 is 0 Å². The van der Waals surface area contributed by atoms with Gasteiger partial charge in [0.1, 0.15) is 4.90 Å². The summed E-state index contributed by atoms with van der Waals surface area (Å²) >= 11 is 0. The van der Waals surface area contributed by atoms with Gasteiger partial charge in [0, 0.05) is 70.5 Å². The molecule has 0 aliphatic carbocycles. The Morgan fingerprint density at radius 1 is 1.07 bits per heavy atom. The third-order valence-corrected chi connectivity index (χ3v) is 8.64. The molecule has 0 saturated carbocycles. The number of piperazine rings is 1. The number of nitrogens with zero attached hydrogens (tertiary/aromatic N) is 5. The van der Waals surface area contributed by atoms with Crippen molar-refractivity contribution in [3.05, 3.63) is 28.3 Å². The third-order valence-electron chi connectivity index (χ3n) is 6.71. The summed E-state index contributed by atoms with van der Waals surface area (Å²) < 4.78 is 28.1. The Morgan fingerprint density at radius 2 is 1.77 bits per heavy atom. The molecule has 0 bridgehead atoms. The Labute approximate surface area is 178 Å². The molecule has 4 rings (SSSR count). The topological polar surface area (TPSA) is 90.2 Å². The SMILES string of the molecule is CCN1CCN(C2CCN(c3ccc([N+](=O)[O-])cc3S(=O)(=O)N3CCCC3)C2)CC1. The van der Waals surface area contributed by atoms with Crippen LogP contribution in [0.1, 0.15) is 26.2 Å². The zero-order valence-corrected chi connectivity index (χ0v) is 18.4. The van der Waals surface area contributed by atoms with Crippen molar-refractivity contribution in [3.63, 3.8) is 0 Å². The molecule has 0 spiro atoms. The van der Waals surface area contributed by atoms with Crippen molar-refractivity contribution in [3.8, 4) is 0 Å². The predicted octanol–water partition coefficient (Wildman–Crippen LogP) is 1.60. The highest BCUT2D eigenvalue weighted by Crippen LogP contribution is 2.35. The molecule has 30 heavy (non-hydrogen) atoms. The van der Waals surface area contributed by atoms with Crippen molar-refractivity contribution in [1.82, 2.24) is 14.1 Å². The molecule has 0 radical (unpaired) electrons. The van der Waals surface area contributed by atoms with E-state index in [4.69, 9.17) is 0 Å². The van der Waals surface area contributed by atoms with Gasteiger partial charge in [-0.1, -0.05) is 6.92 Å². The fourth-order valence-electron chi connectivity index (χ4n) is 4.86. The number of hydrogen-bond acceptors (Lipinski definition) is 7. The van der Waals surface area contributed by atoms with Gasteiger partial charge in [-0.05, 0) is 31.9 Å². The van der Waals surface area contributed by atoms with E-state index in [-0.39, 0.29) is 10.6 Å². The first kappa shape index (κ1) is 21.5. The Kier molecular flexibility index (Phi) is 6.29. The number of non-ortho nitro benzene ring substituents is 1. The number of likely N-dealkylation sites (N-methyl/N-ethyl adjacent to an activating group) is 1. The van der Waals surface area contributed by atoms with Crippen molar-refractivity contribution in [1.29, 1.82) is 0 Å². The summed E-state index contributed by atoms with van der Waals surface area (Å²) in [4.78, 5) is 17.9. The summed E-state index contributed by atoms with van der Waals surface area (Å²) in [5.74, 6) is 0. The highest BCUT2D eigenvalue weighted by molar-refractivity contribution is 7.89. The summed E-state index contributed by atoms with van der Waals surface area (Å²) in [6.45, 7) is 9.94. The molecule has 0 N–H and O–H groups in total. The molecule has 3 heterocycles. The van der Waals surface area contributed by atoms with Gasteiger partial charge in [0.05, 0.1) is 10.6 Å². The largest absolute Gasteiger partial charge is 0.369 e. The summed E-state index contributed by atoms with van der Waals surface area (Å²) in [5.41, 5.74) is 0.421. The minimum absolute atomic E-state index is 0.0788. The highest BCUT2D eigenvalue weighted by atomic mass is 32.2. The molecule has 1 unspecified atom stereocenters. The van der Waals surface area contributed by atoms with Crippen LogP contribution in [0.3, 0.4) is 0 Å². The first-order valence-electron chi connectivity index (χ1n) is 10.9. The normalized spacial score (nSPS) is 24.6. The fraction of sp³-hybridized carbons (Fsp3) is 0.700. The molecule has 3 fully saturated rings. The molecule has 166 valence electrons. The second kappa shape index (κ2) is 8.78. The van der Waals surface area contributed by atoms with Crippen LogP contribution in [-0.4, -0.2) is 92.4 Å². The third kappa shape index (κ3) is 4.18. The molecule has 10 heteroatoms. The summed E-state index contributed by atoms with van der Waals surface area (Å²) in [6, 6.07) is 4.68. The van der Waals surface area contributed by atoms with Gasteiger partial charge in [0.25, 0.3) is 5.69 Å². The average Bonchev–Trinajstić information content (AvgIpc) is 3.46. The van der Waals surface area contributed by atoms with Crippen LogP contribution >= 0.6 is 0 Å². The highest BCUT2D eigenvalue weighted by Gasteiger charge is 2.35. The lowest BCUT2D eigenvalue weighted by atomic mass is 10.2. The van der Waals surface area contributed by atoms with Crippen LogP contribution in [0.4, 0.5) is 11.4 Å². The number of nitro benzene ring substituents is 1. The van der Waals surface area contributed by atoms with Crippen LogP contribution in [0.2, 0.25) is 0 Å². The molecule has 1 aromatic carbocycles. The lowest BCUT2D eigenvalue weighted by molar-refractivity contribution is -0.385. The summed E-state index contributed by atoms with van der Waals surface area (Å²) in [6.07, 6.45) is 2.64. The van der Waals surface area contributed by atoms with Crippen LogP contribution in [0, 0.1) is 10.1 Å². The van der Waals surface area contributed by atoms with Gasteiger partial charge in [0.15, 0.2) is 0 Å². The second-order valence-electron chi connectivity index (χ2n) is 8.38. The molecule has 3 aliphatic heterocycles. The van der Waals surface area contributed by atoms with E-state index in [0.717, 1.165) is 65.1 Å². The molecular formula is C20H31N5O4S. The van der Waals surface area contributed by atoms with Gasteiger partial charge in [-0.15, -0.1) is 0 Å². The summed E-state index contributed by atoms with van der Waals surface area (Å²) in [5, 5.41) is 11.3. The van der Waals surface area contributed by atoms with Crippen LogP contribution in [0.5, 0.6) is 0 Å². The first-order chi connectivity index (χ1) is 14.4. The maximum Gasteiger partial charge on any atom is 0.270 e. The van der Waals surface area contributed by atoms with Crippen molar-refractivity contribution in [2.45, 2.75) is 37.1 Å². The van der Waals surface area contributed by atoms with E-state index in [9.17, 15) is 18.5 Å². The Hall–Kier alpha value is -1.75. The quantitative estimate of drug-likeness (QED) is 0.493. The van der Waals surface area contributed by atoms with Crippen LogP contribution in [-0.2, 0) is 10.0 Å². The van der Waals surface area contributed by atoms with Crippen molar-refractivity contribution < 1.29 is 13.3 Å². The second-order valence-corrected chi connectivity index (χ2v) is 10.3. The van der Waals surface area contributed by atoms with Gasteiger partial charge in [0.2, 0.25) is 10.0 Å². The van der Waals surface area contributed by atoms with E-state index in [0.29, 0.717) is 24.8 Å². The molecule has 9 nitrogen and oxygen atoms in total. The minimum atomic E-state index is -3.75. The number of sulfonamides is 1. The zero-order valence-electron chi connectivity index (χ0n) is 17.6. The number of benzene rings is 1. The fourth-order valence-corrected chi connectivity index (χ4v) is 6.60. The predicted molar refractivity (Wildman–Crippen MR) is 115 cm³/mol. The van der Waals surface area contributed by atoms with Gasteiger partial charge in [-0.2, -0.15) is 4.31 Å². The van der Waals surface area contributed by atoms with E-state index in [1.807, 2.05) is 0 Å². The van der Waals surface area contributed by atoms with Crippen molar-refractivity contribution >= 4 is 21.4 Å². The molecule has 0 aromatic heterocycles. The maximum atomic E-state index is 13.3. The van der Waals surface area contributed by atoms with Gasteiger partial charge in [-0.25, -0.2) is 8.42 Å². The van der Waals surface area contributed by atoms with Gasteiger partial charge in [-0.3, -0.25) is 15.0 Å². The molecule has 3 saturated heterocycles. The number of nitro groups is 1. The van der Waals surface area contributed by atoms with Crippen molar-refractivity contribution in [2.75, 3.05) is 63.8 Å². The van der Waals surface area contributed by atoms with E-state index in [2.05, 4.69) is 21.6 Å². The zero-order chi connectivity index (χ0) is 21.3. The molecule has 1 aromatic rings. The number of hydrogen-bond donors (Lipinski definition) is 0. The molecule has 3 aliphatic rings. The van der Waals surface area contributed by atoms with E-state index in [1.54, 1.807) is 6.07 Å². The van der Waals surface area contributed by atoms with Crippen molar-refractivity contribution in [2.24, 2.45) is 0 Å². The minimum Gasteiger partial charge on any atom is -0.369 e. The molecular weight excluding hydrogens is 406 g/mol. The van der Waals surface area contributed by atoms with Crippen LogP contribution in [0.25, 0.3) is 0 Å². The van der Waals surface area contributed by atoms with E-state index in [1.165, 1.54) is 16.4 Å². The lowest BCUT2D eigenvalue weighted by Gasteiger charge is -2.37. The lowest BCUT2D eigenvalue weighted by Crippen LogP contribution is -2.50. The maximum absolute atomic E-state index is 13.3. The average molecular weight is 438 g/mol. The number of anilines is 1.